The summed E-state index contributed by atoms with van der Waals surface area (Å²) in [6.07, 6.45) is 6.64. The number of fused-ring (bicyclic) bond motifs is 2. The highest BCUT2D eigenvalue weighted by Crippen LogP contribution is 2.28. The highest BCUT2D eigenvalue weighted by atomic mass is 16.5. The number of nitrogens with one attached hydrogen (secondary N) is 1. The zero-order valence-corrected chi connectivity index (χ0v) is 15.1. The Hall–Kier alpha value is -2.75. The molecule has 0 radical (unpaired) electrons. The molecular weight excluding hydrogens is 324 g/mol. The van der Waals surface area contributed by atoms with Crippen molar-refractivity contribution in [2.24, 2.45) is 0 Å². The Bertz CT molecular complexity index is 819. The summed E-state index contributed by atoms with van der Waals surface area (Å²) in [5.41, 5.74) is 4.94. The molecule has 0 saturated carbocycles. The largest absolute Gasteiger partial charge is 0.488 e. The number of carbonyl (C=O) groups is 1. The van der Waals surface area contributed by atoms with E-state index in [-0.39, 0.29) is 12.0 Å². The van der Waals surface area contributed by atoms with Gasteiger partial charge in [-0.3, -0.25) is 4.79 Å². The van der Waals surface area contributed by atoms with Crippen molar-refractivity contribution in [1.82, 2.24) is 5.32 Å². The molecule has 1 N–H and O–H groups in total. The van der Waals surface area contributed by atoms with Gasteiger partial charge in [-0.1, -0.05) is 24.3 Å². The summed E-state index contributed by atoms with van der Waals surface area (Å²) in [5.74, 6) is 0.848. The zero-order valence-electron chi connectivity index (χ0n) is 15.1. The summed E-state index contributed by atoms with van der Waals surface area (Å²) in [6.45, 7) is 1.63. The first-order valence-electron chi connectivity index (χ1n) is 9.23. The van der Waals surface area contributed by atoms with E-state index in [0.717, 1.165) is 30.7 Å². The third kappa shape index (κ3) is 3.59. The molecular formula is C22H24N2O2. The van der Waals surface area contributed by atoms with Crippen LogP contribution < -0.4 is 15.0 Å². The first-order valence-corrected chi connectivity index (χ1v) is 9.23. The number of benzene rings is 2. The van der Waals surface area contributed by atoms with E-state index < -0.39 is 0 Å². The number of hydrogen-bond donors (Lipinski definition) is 1. The Morgan fingerprint density at radius 3 is 3.04 bits per heavy atom. The lowest BCUT2D eigenvalue weighted by atomic mass is 9.99. The van der Waals surface area contributed by atoms with Gasteiger partial charge in [0, 0.05) is 31.8 Å². The molecule has 2 aliphatic heterocycles. The maximum absolute atomic E-state index is 12.1. The van der Waals surface area contributed by atoms with Gasteiger partial charge in [0.25, 0.3) is 0 Å². The molecule has 2 heterocycles. The average Bonchev–Trinajstić information content (AvgIpc) is 3.08. The molecule has 1 amide bonds. The molecule has 26 heavy (non-hydrogen) atoms. The summed E-state index contributed by atoms with van der Waals surface area (Å²) in [4.78, 5) is 14.4. The van der Waals surface area contributed by atoms with E-state index in [1.165, 1.54) is 23.2 Å². The van der Waals surface area contributed by atoms with Crippen LogP contribution in [0.2, 0.25) is 0 Å². The van der Waals surface area contributed by atoms with E-state index >= 15 is 0 Å². The normalized spacial score (nSPS) is 18.3. The molecule has 4 nitrogen and oxygen atoms in total. The van der Waals surface area contributed by atoms with Gasteiger partial charge in [0.2, 0.25) is 5.91 Å². The van der Waals surface area contributed by atoms with Gasteiger partial charge < -0.3 is 15.0 Å². The Morgan fingerprint density at radius 2 is 2.15 bits per heavy atom. The van der Waals surface area contributed by atoms with Crippen molar-refractivity contribution in [3.63, 3.8) is 0 Å². The van der Waals surface area contributed by atoms with Crippen LogP contribution in [0.1, 0.15) is 23.1 Å². The molecule has 2 aliphatic rings. The summed E-state index contributed by atoms with van der Waals surface area (Å²) < 4.78 is 5.85. The molecule has 1 unspecified atom stereocenters. The lowest BCUT2D eigenvalue weighted by Crippen LogP contribution is -2.33. The Balaban J connectivity index is 1.31. The van der Waals surface area contributed by atoms with E-state index in [4.69, 9.17) is 4.74 Å². The molecule has 0 aliphatic carbocycles. The Kier molecular flexibility index (Phi) is 4.65. The van der Waals surface area contributed by atoms with Crippen LogP contribution in [0.5, 0.6) is 5.75 Å². The minimum atomic E-state index is -0.0839. The van der Waals surface area contributed by atoms with Crippen molar-refractivity contribution in [1.29, 1.82) is 0 Å². The predicted octanol–water partition coefficient (Wildman–Crippen LogP) is 3.20. The second-order valence-corrected chi connectivity index (χ2v) is 7.04. The zero-order chi connectivity index (χ0) is 17.9. The third-order valence-electron chi connectivity index (χ3n) is 5.10. The van der Waals surface area contributed by atoms with E-state index in [9.17, 15) is 4.79 Å². The van der Waals surface area contributed by atoms with Gasteiger partial charge in [0.05, 0.1) is 6.54 Å². The molecule has 2 aromatic carbocycles. The van der Waals surface area contributed by atoms with Crippen molar-refractivity contribution in [3.8, 4) is 5.75 Å². The van der Waals surface area contributed by atoms with Crippen molar-refractivity contribution < 1.29 is 9.53 Å². The number of para-hydroxylation sites is 1. The van der Waals surface area contributed by atoms with E-state index in [1.54, 1.807) is 6.08 Å². The van der Waals surface area contributed by atoms with Crippen LogP contribution in [0.15, 0.2) is 48.5 Å². The lowest BCUT2D eigenvalue weighted by molar-refractivity contribution is -0.116. The van der Waals surface area contributed by atoms with Crippen molar-refractivity contribution in [2.45, 2.75) is 25.4 Å². The summed E-state index contributed by atoms with van der Waals surface area (Å²) in [5, 5.41) is 2.94. The van der Waals surface area contributed by atoms with Crippen LogP contribution in [-0.2, 0) is 17.6 Å². The number of amides is 1. The summed E-state index contributed by atoms with van der Waals surface area (Å²) >= 11 is 0. The average molecular weight is 348 g/mol. The van der Waals surface area contributed by atoms with E-state index in [1.807, 2.05) is 24.3 Å². The van der Waals surface area contributed by atoms with Gasteiger partial charge in [0.15, 0.2) is 0 Å². The smallest absolute Gasteiger partial charge is 0.244 e. The minimum absolute atomic E-state index is 0.0176. The van der Waals surface area contributed by atoms with Crippen LogP contribution in [-0.4, -0.2) is 32.1 Å². The highest BCUT2D eigenvalue weighted by molar-refractivity contribution is 5.91. The van der Waals surface area contributed by atoms with Crippen molar-refractivity contribution in [2.75, 3.05) is 25.0 Å². The number of aryl methyl sites for hydroxylation is 1. The standard InChI is InChI=1S/C22H24N2O2/c1-24-12-4-6-17-13-16(8-10-20(17)24)9-11-22(25)23-15-19-14-18-5-2-3-7-21(18)26-19/h2-3,5,7-11,13,19H,4,6,12,14-15H2,1H3,(H,23,25). The number of rotatable bonds is 4. The van der Waals surface area contributed by atoms with Gasteiger partial charge >= 0.3 is 0 Å². The molecule has 134 valence electrons. The molecule has 0 fully saturated rings. The number of hydrogen-bond acceptors (Lipinski definition) is 3. The van der Waals surface area contributed by atoms with Crippen molar-refractivity contribution >= 4 is 17.7 Å². The number of carbonyl (C=O) groups excluding carboxylic acids is 1. The molecule has 0 saturated heterocycles. The topological polar surface area (TPSA) is 41.6 Å². The molecule has 2 aromatic rings. The SMILES string of the molecule is CN1CCCc2cc(C=CC(=O)NCC3Cc4ccccc4O3)ccc21. The quantitative estimate of drug-likeness (QED) is 0.863. The third-order valence-corrected chi connectivity index (χ3v) is 5.10. The Morgan fingerprint density at radius 1 is 1.27 bits per heavy atom. The minimum Gasteiger partial charge on any atom is -0.488 e. The molecule has 4 heteroatoms. The molecule has 4 rings (SSSR count). The Labute approximate surface area is 154 Å². The fourth-order valence-electron chi connectivity index (χ4n) is 3.72. The summed E-state index contributed by atoms with van der Waals surface area (Å²) in [6, 6.07) is 14.4. The monoisotopic (exact) mass is 348 g/mol. The first kappa shape index (κ1) is 16.7. The number of ether oxygens (including phenoxy) is 1. The van der Waals surface area contributed by atoms with Crippen LogP contribution in [0.3, 0.4) is 0 Å². The predicted molar refractivity (Wildman–Crippen MR) is 105 cm³/mol. The second kappa shape index (κ2) is 7.24. The van der Waals surface area contributed by atoms with Crippen LogP contribution in [0.4, 0.5) is 5.69 Å². The van der Waals surface area contributed by atoms with Gasteiger partial charge in [-0.25, -0.2) is 0 Å². The molecule has 0 spiro atoms. The second-order valence-electron chi connectivity index (χ2n) is 7.04. The van der Waals surface area contributed by atoms with E-state index in [2.05, 4.69) is 41.5 Å². The maximum Gasteiger partial charge on any atom is 0.244 e. The number of anilines is 1. The van der Waals surface area contributed by atoms with Gasteiger partial charge in [-0.2, -0.15) is 0 Å². The van der Waals surface area contributed by atoms with Gasteiger partial charge in [0.1, 0.15) is 11.9 Å². The van der Waals surface area contributed by atoms with Crippen molar-refractivity contribution in [3.05, 3.63) is 65.2 Å². The fourth-order valence-corrected chi connectivity index (χ4v) is 3.72. The van der Waals surface area contributed by atoms with E-state index in [0.29, 0.717) is 6.54 Å². The van der Waals surface area contributed by atoms with Crippen LogP contribution >= 0.6 is 0 Å². The molecule has 0 bridgehead atoms. The summed E-state index contributed by atoms with van der Waals surface area (Å²) in [7, 11) is 2.13. The van der Waals surface area contributed by atoms with Crippen LogP contribution in [0, 0.1) is 0 Å². The maximum atomic E-state index is 12.1. The fraction of sp³-hybridized carbons (Fsp3) is 0.318. The lowest BCUT2D eigenvalue weighted by Gasteiger charge is -2.27. The molecule has 0 aromatic heterocycles. The van der Waals surface area contributed by atoms with Crippen LogP contribution in [0.25, 0.3) is 6.08 Å². The number of nitrogens with zero attached hydrogens (tertiary/aromatic N) is 1. The van der Waals surface area contributed by atoms with Gasteiger partial charge in [-0.15, -0.1) is 0 Å². The molecule has 1 atom stereocenters. The first-order chi connectivity index (χ1) is 12.7. The van der Waals surface area contributed by atoms with Gasteiger partial charge in [-0.05, 0) is 53.8 Å². The highest BCUT2D eigenvalue weighted by Gasteiger charge is 2.22.